The van der Waals surface area contributed by atoms with E-state index in [0.717, 1.165) is 17.5 Å². The van der Waals surface area contributed by atoms with Crippen LogP contribution >= 0.6 is 0 Å². The Hall–Kier alpha value is -2.51. The maximum absolute atomic E-state index is 12.0. The molecule has 1 fully saturated rings. The molecule has 2 N–H and O–H groups in total. The lowest BCUT2D eigenvalue weighted by atomic mass is 10.1. The van der Waals surface area contributed by atoms with Crippen molar-refractivity contribution in [1.82, 2.24) is 20.2 Å². The summed E-state index contributed by atoms with van der Waals surface area (Å²) in [6.45, 7) is 1.74. The van der Waals surface area contributed by atoms with Gasteiger partial charge in [-0.1, -0.05) is 13.3 Å². The number of urea groups is 1. The monoisotopic (exact) mass is 278 g/mol. The minimum Gasteiger partial charge on any atom is -0.478 e. The second-order valence-electron chi connectivity index (χ2n) is 4.40. The van der Waals surface area contributed by atoms with Crippen molar-refractivity contribution in [2.75, 3.05) is 0 Å². The molecule has 1 unspecified atom stereocenters. The van der Waals surface area contributed by atoms with Gasteiger partial charge < -0.3 is 10.4 Å². The molecule has 20 heavy (non-hydrogen) atoms. The summed E-state index contributed by atoms with van der Waals surface area (Å²) in [5, 5.41) is 11.6. The first-order valence-electron chi connectivity index (χ1n) is 6.18. The van der Waals surface area contributed by atoms with Gasteiger partial charge in [0.05, 0.1) is 12.2 Å². The summed E-state index contributed by atoms with van der Waals surface area (Å²) in [4.78, 5) is 43.3. The number of imide groups is 1. The van der Waals surface area contributed by atoms with E-state index >= 15 is 0 Å². The maximum Gasteiger partial charge on any atom is 0.339 e. The first-order chi connectivity index (χ1) is 9.54. The van der Waals surface area contributed by atoms with E-state index in [-0.39, 0.29) is 23.7 Å². The van der Waals surface area contributed by atoms with Crippen LogP contribution in [0.1, 0.15) is 35.8 Å². The molecule has 0 aromatic carbocycles. The van der Waals surface area contributed by atoms with Crippen LogP contribution in [-0.2, 0) is 11.3 Å². The topological polar surface area (TPSA) is 112 Å². The molecule has 0 bridgehead atoms. The molecule has 1 aromatic heterocycles. The fraction of sp³-hybridized carbons (Fsp3) is 0.417. The zero-order valence-electron chi connectivity index (χ0n) is 10.9. The van der Waals surface area contributed by atoms with Gasteiger partial charge in [-0.15, -0.1) is 0 Å². The van der Waals surface area contributed by atoms with Gasteiger partial charge in [0.1, 0.15) is 17.9 Å². The van der Waals surface area contributed by atoms with Gasteiger partial charge in [-0.3, -0.25) is 9.69 Å². The zero-order valence-corrected chi connectivity index (χ0v) is 10.9. The average Bonchev–Trinajstić information content (AvgIpc) is 2.67. The van der Waals surface area contributed by atoms with Gasteiger partial charge in [-0.2, -0.15) is 0 Å². The molecule has 2 heterocycles. The van der Waals surface area contributed by atoms with Gasteiger partial charge in [-0.05, 0) is 6.42 Å². The number of aromatic carboxylic acids is 1. The summed E-state index contributed by atoms with van der Waals surface area (Å²) >= 11 is 0. The molecule has 0 radical (unpaired) electrons. The van der Waals surface area contributed by atoms with E-state index < -0.39 is 18.0 Å². The highest BCUT2D eigenvalue weighted by atomic mass is 16.4. The number of nitrogens with one attached hydrogen (secondary N) is 1. The predicted molar refractivity (Wildman–Crippen MR) is 66.8 cm³/mol. The van der Waals surface area contributed by atoms with Gasteiger partial charge in [0, 0.05) is 6.20 Å². The lowest BCUT2D eigenvalue weighted by Gasteiger charge is -2.13. The van der Waals surface area contributed by atoms with Crippen LogP contribution in [0.5, 0.6) is 0 Å². The number of amides is 3. The van der Waals surface area contributed by atoms with Crippen LogP contribution in [-0.4, -0.2) is 43.9 Å². The van der Waals surface area contributed by atoms with E-state index in [1.54, 1.807) is 0 Å². The fourth-order valence-electron chi connectivity index (χ4n) is 2.02. The molecule has 2 rings (SSSR count). The first-order valence-corrected chi connectivity index (χ1v) is 6.18. The zero-order chi connectivity index (χ0) is 14.7. The molecule has 0 aliphatic carbocycles. The molecule has 0 spiro atoms. The number of nitrogens with zero attached hydrogens (tertiary/aromatic N) is 3. The lowest BCUT2D eigenvalue weighted by molar-refractivity contribution is -0.128. The number of carbonyl (C=O) groups is 3. The molecular weight excluding hydrogens is 264 g/mol. The number of rotatable bonds is 5. The van der Waals surface area contributed by atoms with Crippen molar-refractivity contribution in [2.24, 2.45) is 0 Å². The first kappa shape index (κ1) is 13.9. The number of hydrogen-bond acceptors (Lipinski definition) is 5. The number of carboxylic acids is 1. The predicted octanol–water partition coefficient (Wildman–Crippen LogP) is 0.395. The molecule has 3 amide bonds. The van der Waals surface area contributed by atoms with Gasteiger partial charge in [0.25, 0.3) is 5.91 Å². The summed E-state index contributed by atoms with van der Waals surface area (Å²) < 4.78 is 0. The van der Waals surface area contributed by atoms with Gasteiger partial charge in [-0.25, -0.2) is 19.6 Å². The van der Waals surface area contributed by atoms with Crippen molar-refractivity contribution in [3.63, 3.8) is 0 Å². The summed E-state index contributed by atoms with van der Waals surface area (Å²) in [5.74, 6) is -1.55. The van der Waals surface area contributed by atoms with E-state index in [9.17, 15) is 14.4 Å². The summed E-state index contributed by atoms with van der Waals surface area (Å²) in [6, 6.07) is -1.06. The van der Waals surface area contributed by atoms with Crippen molar-refractivity contribution in [1.29, 1.82) is 0 Å². The van der Waals surface area contributed by atoms with Crippen LogP contribution in [0.3, 0.4) is 0 Å². The van der Waals surface area contributed by atoms with Crippen molar-refractivity contribution in [3.8, 4) is 0 Å². The Bertz CT molecular complexity index is 560. The van der Waals surface area contributed by atoms with E-state index in [0.29, 0.717) is 6.42 Å². The normalized spacial score (nSPS) is 18.2. The highest BCUT2D eigenvalue weighted by Gasteiger charge is 2.37. The Balaban J connectivity index is 2.20. The Morgan fingerprint density at radius 3 is 2.90 bits per heavy atom. The highest BCUT2D eigenvalue weighted by molar-refractivity contribution is 6.04. The Kier molecular flexibility index (Phi) is 3.92. The molecule has 1 aromatic rings. The molecule has 1 aliphatic heterocycles. The summed E-state index contributed by atoms with van der Waals surface area (Å²) in [7, 11) is 0. The van der Waals surface area contributed by atoms with Crippen molar-refractivity contribution in [3.05, 3.63) is 23.8 Å². The SMILES string of the molecule is CCCC1NC(=O)N(Cc2ncncc2C(=O)O)C1=O. The third-order valence-corrected chi connectivity index (χ3v) is 3.02. The van der Waals surface area contributed by atoms with E-state index in [4.69, 9.17) is 5.11 Å². The maximum atomic E-state index is 12.0. The second kappa shape index (κ2) is 5.64. The van der Waals surface area contributed by atoms with Crippen LogP contribution in [0.4, 0.5) is 4.79 Å². The largest absolute Gasteiger partial charge is 0.478 e. The highest BCUT2D eigenvalue weighted by Crippen LogP contribution is 2.15. The lowest BCUT2D eigenvalue weighted by Crippen LogP contribution is -2.32. The second-order valence-corrected chi connectivity index (χ2v) is 4.40. The van der Waals surface area contributed by atoms with Crippen molar-refractivity contribution >= 4 is 17.9 Å². The third kappa shape index (κ3) is 2.58. The Labute approximate surface area is 114 Å². The van der Waals surface area contributed by atoms with Gasteiger partial charge >= 0.3 is 12.0 Å². The molecule has 1 atom stereocenters. The number of aromatic nitrogens is 2. The van der Waals surface area contributed by atoms with Crippen molar-refractivity contribution < 1.29 is 19.5 Å². The van der Waals surface area contributed by atoms with Crippen LogP contribution in [0.15, 0.2) is 12.5 Å². The standard InChI is InChI=1S/C12H14N4O4/c1-2-3-8-10(17)16(12(20)15-8)5-9-7(11(18)19)4-13-6-14-9/h4,6,8H,2-3,5H2,1H3,(H,15,20)(H,18,19). The number of carboxylic acid groups (broad SMARTS) is 1. The molecule has 1 aliphatic rings. The molecule has 8 heteroatoms. The number of hydrogen-bond donors (Lipinski definition) is 2. The summed E-state index contributed by atoms with van der Waals surface area (Å²) in [5.41, 5.74) is 0.0141. The fourth-order valence-corrected chi connectivity index (χ4v) is 2.02. The molecule has 0 saturated carbocycles. The molecule has 1 saturated heterocycles. The van der Waals surface area contributed by atoms with Crippen molar-refractivity contribution in [2.45, 2.75) is 32.4 Å². The molecule has 106 valence electrons. The van der Waals surface area contributed by atoms with E-state index in [1.165, 1.54) is 6.33 Å². The van der Waals surface area contributed by atoms with Crippen LogP contribution in [0.25, 0.3) is 0 Å². The molecular formula is C12H14N4O4. The van der Waals surface area contributed by atoms with Gasteiger partial charge in [0.2, 0.25) is 0 Å². The van der Waals surface area contributed by atoms with Gasteiger partial charge in [0.15, 0.2) is 0 Å². The Morgan fingerprint density at radius 1 is 1.50 bits per heavy atom. The third-order valence-electron chi connectivity index (χ3n) is 3.02. The van der Waals surface area contributed by atoms with E-state index in [1.807, 2.05) is 6.92 Å². The van der Waals surface area contributed by atoms with E-state index in [2.05, 4.69) is 15.3 Å². The minimum atomic E-state index is -1.20. The quantitative estimate of drug-likeness (QED) is 0.754. The summed E-state index contributed by atoms with van der Waals surface area (Å²) in [6.07, 6.45) is 3.64. The van der Waals surface area contributed by atoms with Crippen LogP contribution in [0.2, 0.25) is 0 Å². The average molecular weight is 278 g/mol. The Morgan fingerprint density at radius 2 is 2.25 bits per heavy atom. The molecule has 8 nitrogen and oxygen atoms in total. The van der Waals surface area contributed by atoms with Crippen LogP contribution in [0, 0.1) is 0 Å². The smallest absolute Gasteiger partial charge is 0.339 e. The number of carbonyl (C=O) groups excluding carboxylic acids is 2. The van der Waals surface area contributed by atoms with Crippen LogP contribution < -0.4 is 5.32 Å². The minimum absolute atomic E-state index is 0.118.